The number of hydrogen-bond acceptors (Lipinski definition) is 3. The van der Waals surface area contributed by atoms with Crippen molar-refractivity contribution >= 4 is 39.1 Å². The largest absolute Gasteiger partial charge is 0.325 e. The first-order chi connectivity index (χ1) is 11.6. The van der Waals surface area contributed by atoms with Crippen molar-refractivity contribution in [3.63, 3.8) is 0 Å². The van der Waals surface area contributed by atoms with Crippen molar-refractivity contribution in [2.24, 2.45) is 11.0 Å². The fraction of sp³-hybridized carbons (Fsp3) is 0.167. The number of amides is 2. The van der Waals surface area contributed by atoms with Gasteiger partial charge < -0.3 is 5.32 Å². The SMILES string of the molecule is CC1=NNC(=O)C(C(=O)Nc2ccc(Br)cc2)C1c1ccccc1. The maximum Gasteiger partial charge on any atom is 0.253 e. The molecule has 2 atom stereocenters. The molecular weight excluding hydrogens is 370 g/mol. The van der Waals surface area contributed by atoms with E-state index < -0.39 is 11.8 Å². The molecule has 2 unspecified atom stereocenters. The second kappa shape index (κ2) is 6.97. The van der Waals surface area contributed by atoms with Crippen LogP contribution in [0.3, 0.4) is 0 Å². The third-order valence-corrected chi connectivity index (χ3v) is 4.49. The second-order valence-electron chi connectivity index (χ2n) is 5.59. The maximum atomic E-state index is 12.8. The summed E-state index contributed by atoms with van der Waals surface area (Å²) in [5, 5.41) is 6.86. The normalized spacial score (nSPS) is 20.1. The summed E-state index contributed by atoms with van der Waals surface area (Å²) in [7, 11) is 0. The van der Waals surface area contributed by atoms with Gasteiger partial charge in [0.25, 0.3) is 5.91 Å². The Hall–Kier alpha value is -2.47. The van der Waals surface area contributed by atoms with Crippen LogP contribution in [0.25, 0.3) is 0 Å². The lowest BCUT2D eigenvalue weighted by Gasteiger charge is -2.28. The number of nitrogens with one attached hydrogen (secondary N) is 2. The van der Waals surface area contributed by atoms with Gasteiger partial charge in [0, 0.05) is 21.8 Å². The van der Waals surface area contributed by atoms with Crippen LogP contribution in [0.5, 0.6) is 0 Å². The van der Waals surface area contributed by atoms with E-state index in [1.54, 1.807) is 12.1 Å². The summed E-state index contributed by atoms with van der Waals surface area (Å²) in [6.07, 6.45) is 0. The average Bonchev–Trinajstić information content (AvgIpc) is 2.59. The number of hydrogen-bond donors (Lipinski definition) is 2. The number of halogens is 1. The van der Waals surface area contributed by atoms with Crippen molar-refractivity contribution in [2.45, 2.75) is 12.8 Å². The van der Waals surface area contributed by atoms with Crippen molar-refractivity contribution in [1.29, 1.82) is 0 Å². The van der Waals surface area contributed by atoms with E-state index in [0.717, 1.165) is 10.0 Å². The van der Waals surface area contributed by atoms with E-state index in [1.807, 2.05) is 49.4 Å². The molecular formula is C18H16BrN3O2. The Morgan fingerprint density at radius 1 is 1.12 bits per heavy atom. The molecule has 0 aromatic heterocycles. The van der Waals surface area contributed by atoms with Gasteiger partial charge in [0.15, 0.2) is 0 Å². The van der Waals surface area contributed by atoms with Crippen LogP contribution in [0.1, 0.15) is 18.4 Å². The minimum atomic E-state index is -0.867. The Kier molecular flexibility index (Phi) is 4.76. The zero-order chi connectivity index (χ0) is 17.1. The molecule has 0 bridgehead atoms. The van der Waals surface area contributed by atoms with Crippen LogP contribution in [0.15, 0.2) is 64.2 Å². The lowest BCUT2D eigenvalue weighted by atomic mass is 9.81. The molecule has 122 valence electrons. The highest BCUT2D eigenvalue weighted by molar-refractivity contribution is 9.10. The molecule has 0 fully saturated rings. The van der Waals surface area contributed by atoms with Crippen LogP contribution in [0.2, 0.25) is 0 Å². The zero-order valence-corrected chi connectivity index (χ0v) is 14.6. The fourth-order valence-corrected chi connectivity index (χ4v) is 3.06. The van der Waals surface area contributed by atoms with Gasteiger partial charge in [-0.25, -0.2) is 5.43 Å². The van der Waals surface area contributed by atoms with Crippen LogP contribution in [0.4, 0.5) is 5.69 Å². The van der Waals surface area contributed by atoms with Crippen molar-refractivity contribution in [2.75, 3.05) is 5.32 Å². The third kappa shape index (κ3) is 3.38. The Morgan fingerprint density at radius 3 is 2.46 bits per heavy atom. The monoisotopic (exact) mass is 385 g/mol. The number of benzene rings is 2. The molecule has 2 N–H and O–H groups in total. The first-order valence-corrected chi connectivity index (χ1v) is 8.31. The lowest BCUT2D eigenvalue weighted by molar-refractivity contribution is -0.133. The Morgan fingerprint density at radius 2 is 1.79 bits per heavy atom. The molecule has 0 saturated heterocycles. The number of carbonyl (C=O) groups is 2. The van der Waals surface area contributed by atoms with Crippen LogP contribution in [0, 0.1) is 5.92 Å². The van der Waals surface area contributed by atoms with Crippen LogP contribution in [-0.2, 0) is 9.59 Å². The van der Waals surface area contributed by atoms with Crippen molar-refractivity contribution in [3.8, 4) is 0 Å². The van der Waals surface area contributed by atoms with E-state index in [2.05, 4.69) is 31.8 Å². The number of anilines is 1. The van der Waals surface area contributed by atoms with E-state index in [1.165, 1.54) is 0 Å². The topological polar surface area (TPSA) is 70.6 Å². The van der Waals surface area contributed by atoms with Crippen LogP contribution >= 0.6 is 15.9 Å². The molecule has 24 heavy (non-hydrogen) atoms. The minimum Gasteiger partial charge on any atom is -0.325 e. The van der Waals surface area contributed by atoms with Gasteiger partial charge in [0.2, 0.25) is 5.91 Å². The Balaban J connectivity index is 1.90. The highest BCUT2D eigenvalue weighted by Crippen LogP contribution is 2.30. The molecule has 5 nitrogen and oxygen atoms in total. The first-order valence-electron chi connectivity index (χ1n) is 7.51. The second-order valence-corrected chi connectivity index (χ2v) is 6.51. The van der Waals surface area contributed by atoms with Gasteiger partial charge in [-0.1, -0.05) is 46.3 Å². The van der Waals surface area contributed by atoms with Gasteiger partial charge in [0.05, 0.1) is 0 Å². The number of nitrogens with zero attached hydrogens (tertiary/aromatic N) is 1. The quantitative estimate of drug-likeness (QED) is 0.795. The molecule has 0 spiro atoms. The van der Waals surface area contributed by atoms with Gasteiger partial charge in [-0.05, 0) is 36.8 Å². The van der Waals surface area contributed by atoms with Gasteiger partial charge in [-0.2, -0.15) is 5.10 Å². The predicted molar refractivity (Wildman–Crippen MR) is 96.7 cm³/mol. The average molecular weight is 386 g/mol. The summed E-state index contributed by atoms with van der Waals surface area (Å²) in [6, 6.07) is 16.7. The van der Waals surface area contributed by atoms with E-state index in [4.69, 9.17) is 0 Å². The molecule has 1 aliphatic rings. The van der Waals surface area contributed by atoms with E-state index in [-0.39, 0.29) is 11.8 Å². The molecule has 0 aliphatic carbocycles. The molecule has 2 amide bonds. The highest BCUT2D eigenvalue weighted by Gasteiger charge is 2.40. The van der Waals surface area contributed by atoms with Crippen molar-refractivity contribution in [1.82, 2.24) is 5.43 Å². The molecule has 2 aromatic rings. The number of rotatable bonds is 3. The maximum absolute atomic E-state index is 12.8. The number of hydrazone groups is 1. The standard InChI is InChI=1S/C18H16BrN3O2/c1-11-15(12-5-3-2-4-6-12)16(18(24)22-21-11)17(23)20-14-9-7-13(19)8-10-14/h2-10,15-16H,1H3,(H,20,23)(H,22,24). The summed E-state index contributed by atoms with van der Waals surface area (Å²) >= 11 is 3.35. The minimum absolute atomic E-state index is 0.349. The number of carbonyl (C=O) groups excluding carboxylic acids is 2. The summed E-state index contributed by atoms with van der Waals surface area (Å²) in [5.41, 5.74) is 4.68. The zero-order valence-electron chi connectivity index (χ0n) is 13.0. The molecule has 3 rings (SSSR count). The van der Waals surface area contributed by atoms with Gasteiger partial charge in [-0.15, -0.1) is 0 Å². The molecule has 1 heterocycles. The Bertz CT molecular complexity index is 788. The third-order valence-electron chi connectivity index (χ3n) is 3.96. The van der Waals surface area contributed by atoms with Gasteiger partial charge in [0.1, 0.15) is 5.92 Å². The summed E-state index contributed by atoms with van der Waals surface area (Å²) < 4.78 is 0.918. The van der Waals surface area contributed by atoms with Crippen molar-refractivity contribution < 1.29 is 9.59 Å². The van der Waals surface area contributed by atoms with E-state index in [0.29, 0.717) is 11.4 Å². The first kappa shape index (κ1) is 16.4. The smallest absolute Gasteiger partial charge is 0.253 e. The summed E-state index contributed by atoms with van der Waals surface area (Å²) in [6.45, 7) is 1.82. The predicted octanol–water partition coefficient (Wildman–Crippen LogP) is 3.29. The molecule has 0 saturated carbocycles. The van der Waals surface area contributed by atoms with Gasteiger partial charge in [-0.3, -0.25) is 9.59 Å². The lowest BCUT2D eigenvalue weighted by Crippen LogP contribution is -2.46. The Labute approximate surface area is 148 Å². The molecule has 2 aromatic carbocycles. The molecule has 1 aliphatic heterocycles. The fourth-order valence-electron chi connectivity index (χ4n) is 2.79. The summed E-state index contributed by atoms with van der Waals surface area (Å²) in [4.78, 5) is 25.1. The van der Waals surface area contributed by atoms with Crippen molar-refractivity contribution in [3.05, 3.63) is 64.6 Å². The van der Waals surface area contributed by atoms with Gasteiger partial charge >= 0.3 is 0 Å². The van der Waals surface area contributed by atoms with Crippen LogP contribution in [-0.4, -0.2) is 17.5 Å². The van der Waals surface area contributed by atoms with E-state index >= 15 is 0 Å². The highest BCUT2D eigenvalue weighted by atomic mass is 79.9. The molecule has 0 radical (unpaired) electrons. The van der Waals surface area contributed by atoms with E-state index in [9.17, 15) is 9.59 Å². The molecule has 6 heteroatoms. The van der Waals surface area contributed by atoms with Crippen LogP contribution < -0.4 is 10.7 Å². The summed E-state index contributed by atoms with van der Waals surface area (Å²) in [5.74, 6) is -1.99.